The molecule has 0 atom stereocenters. The largest absolute Gasteiger partial charge is 0.305 e. The Labute approximate surface area is 124 Å². The highest BCUT2D eigenvalue weighted by Crippen LogP contribution is 2.09. The van der Waals surface area contributed by atoms with Gasteiger partial charge in [0, 0.05) is 32.7 Å². The van der Waals surface area contributed by atoms with Gasteiger partial charge in [-0.3, -0.25) is 0 Å². The van der Waals surface area contributed by atoms with Gasteiger partial charge in [-0.25, -0.2) is 0 Å². The molecule has 1 heterocycles. The van der Waals surface area contributed by atoms with E-state index in [1.54, 1.807) is 0 Å². The summed E-state index contributed by atoms with van der Waals surface area (Å²) in [5.74, 6) is 0. The summed E-state index contributed by atoms with van der Waals surface area (Å²) in [4.78, 5) is 7.22. The molecule has 0 aliphatic carbocycles. The number of likely N-dealkylation sites (N-methyl/N-ethyl adjacent to an activating group) is 1. The summed E-state index contributed by atoms with van der Waals surface area (Å²) in [6.07, 6.45) is 2.48. The number of hydrogen-bond donors (Lipinski definition) is 0. The Balaban J connectivity index is 1.69. The molecule has 0 N–H and O–H groups in total. The van der Waals surface area contributed by atoms with Gasteiger partial charge < -0.3 is 14.7 Å². The van der Waals surface area contributed by atoms with Crippen molar-refractivity contribution in [3.05, 3.63) is 35.4 Å². The normalized spacial score (nSPS) is 17.8. The van der Waals surface area contributed by atoms with Gasteiger partial charge in [0.25, 0.3) is 0 Å². The highest BCUT2D eigenvalue weighted by Gasteiger charge is 2.12. The fourth-order valence-electron chi connectivity index (χ4n) is 2.75. The Hall–Kier alpha value is -0.900. The number of hydrogen-bond acceptors (Lipinski definition) is 3. The molecule has 1 fully saturated rings. The van der Waals surface area contributed by atoms with Gasteiger partial charge in [-0.05, 0) is 51.7 Å². The second-order valence-corrected chi connectivity index (χ2v) is 6.30. The minimum absolute atomic E-state index is 1.03. The maximum absolute atomic E-state index is 2.60. The minimum atomic E-state index is 1.03. The molecule has 0 unspecified atom stereocenters. The first-order valence-corrected chi connectivity index (χ1v) is 7.77. The highest BCUT2D eigenvalue weighted by molar-refractivity contribution is 5.22. The van der Waals surface area contributed by atoms with E-state index in [2.05, 4.69) is 60.1 Å². The molecule has 0 radical (unpaired) electrons. The lowest BCUT2D eigenvalue weighted by Gasteiger charge is -2.32. The van der Waals surface area contributed by atoms with Crippen LogP contribution < -0.4 is 0 Å². The number of piperazine rings is 1. The van der Waals surface area contributed by atoms with Crippen LogP contribution in [0, 0.1) is 0 Å². The zero-order chi connectivity index (χ0) is 14.4. The van der Waals surface area contributed by atoms with Gasteiger partial charge in [0.1, 0.15) is 0 Å². The fourth-order valence-corrected chi connectivity index (χ4v) is 2.75. The van der Waals surface area contributed by atoms with Crippen LogP contribution in [0.5, 0.6) is 0 Å². The Bertz CT molecular complexity index is 378. The van der Waals surface area contributed by atoms with E-state index in [-0.39, 0.29) is 0 Å². The highest BCUT2D eigenvalue weighted by atomic mass is 15.2. The predicted octanol–water partition coefficient (Wildman–Crippen LogP) is 1.93. The van der Waals surface area contributed by atoms with Crippen molar-refractivity contribution in [1.29, 1.82) is 0 Å². The SMILES string of the molecule is CN(C)Cc1ccc(CCCN2CCN(C)CC2)cc1. The summed E-state index contributed by atoms with van der Waals surface area (Å²) in [5, 5.41) is 0. The zero-order valence-electron chi connectivity index (χ0n) is 13.3. The second kappa shape index (κ2) is 7.77. The molecule has 0 aromatic heterocycles. The van der Waals surface area contributed by atoms with Crippen molar-refractivity contribution in [3.8, 4) is 0 Å². The monoisotopic (exact) mass is 275 g/mol. The molecule has 20 heavy (non-hydrogen) atoms. The van der Waals surface area contributed by atoms with E-state index in [1.165, 1.54) is 56.7 Å². The molecule has 3 nitrogen and oxygen atoms in total. The Kier molecular flexibility index (Phi) is 6.02. The topological polar surface area (TPSA) is 9.72 Å². The number of rotatable bonds is 6. The average Bonchev–Trinajstić information content (AvgIpc) is 2.42. The maximum Gasteiger partial charge on any atom is 0.0227 e. The first-order valence-electron chi connectivity index (χ1n) is 7.77. The summed E-state index contributed by atoms with van der Waals surface area (Å²) < 4.78 is 0. The summed E-state index contributed by atoms with van der Waals surface area (Å²) in [7, 11) is 6.44. The van der Waals surface area contributed by atoms with E-state index in [9.17, 15) is 0 Å². The van der Waals surface area contributed by atoms with Gasteiger partial charge in [-0.1, -0.05) is 24.3 Å². The van der Waals surface area contributed by atoms with Crippen LogP contribution >= 0.6 is 0 Å². The third-order valence-corrected chi connectivity index (χ3v) is 4.06. The lowest BCUT2D eigenvalue weighted by molar-refractivity contribution is 0.153. The van der Waals surface area contributed by atoms with Crippen LogP contribution in [0.1, 0.15) is 17.5 Å². The first-order chi connectivity index (χ1) is 9.63. The summed E-state index contributed by atoms with van der Waals surface area (Å²) in [5.41, 5.74) is 2.87. The van der Waals surface area contributed by atoms with Crippen LogP contribution in [0.4, 0.5) is 0 Å². The van der Waals surface area contributed by atoms with Gasteiger partial charge in [0.05, 0.1) is 0 Å². The molecule has 0 amide bonds. The lowest BCUT2D eigenvalue weighted by atomic mass is 10.1. The standard InChI is InChI=1S/C17H29N3/c1-18(2)15-17-8-6-16(7-9-17)5-4-10-20-13-11-19(3)12-14-20/h6-9H,4-5,10-15H2,1-3H3. The van der Waals surface area contributed by atoms with Gasteiger partial charge in [0.15, 0.2) is 0 Å². The first kappa shape index (κ1) is 15.5. The Morgan fingerprint density at radius 1 is 0.950 bits per heavy atom. The van der Waals surface area contributed by atoms with Crippen LogP contribution in [-0.4, -0.2) is 68.6 Å². The van der Waals surface area contributed by atoms with Crippen molar-refractivity contribution < 1.29 is 0 Å². The molecule has 0 saturated carbocycles. The van der Waals surface area contributed by atoms with E-state index in [0.29, 0.717) is 0 Å². The number of benzene rings is 1. The molecule has 2 rings (SSSR count). The van der Waals surface area contributed by atoms with Crippen molar-refractivity contribution in [2.24, 2.45) is 0 Å². The summed E-state index contributed by atoms with van der Waals surface area (Å²) in [6.45, 7) is 7.18. The molecule has 1 aliphatic rings. The third kappa shape index (κ3) is 5.23. The van der Waals surface area contributed by atoms with E-state index in [1.807, 2.05) is 0 Å². The van der Waals surface area contributed by atoms with E-state index < -0.39 is 0 Å². The van der Waals surface area contributed by atoms with Gasteiger partial charge in [-0.15, -0.1) is 0 Å². The molecule has 0 spiro atoms. The number of aryl methyl sites for hydroxylation is 1. The van der Waals surface area contributed by atoms with Crippen molar-refractivity contribution in [1.82, 2.24) is 14.7 Å². The second-order valence-electron chi connectivity index (χ2n) is 6.30. The maximum atomic E-state index is 2.60. The Morgan fingerprint density at radius 2 is 1.55 bits per heavy atom. The van der Waals surface area contributed by atoms with Crippen LogP contribution in [-0.2, 0) is 13.0 Å². The molecule has 112 valence electrons. The van der Waals surface area contributed by atoms with E-state index >= 15 is 0 Å². The molecule has 3 heteroatoms. The molecule has 1 aromatic rings. The molecule has 1 aliphatic heterocycles. The molecular formula is C17H29N3. The van der Waals surface area contributed by atoms with Crippen LogP contribution in [0.15, 0.2) is 24.3 Å². The molecule has 1 saturated heterocycles. The molecular weight excluding hydrogens is 246 g/mol. The van der Waals surface area contributed by atoms with Crippen molar-refractivity contribution >= 4 is 0 Å². The summed E-state index contributed by atoms with van der Waals surface area (Å²) >= 11 is 0. The zero-order valence-corrected chi connectivity index (χ0v) is 13.3. The van der Waals surface area contributed by atoms with Crippen molar-refractivity contribution in [2.75, 3.05) is 53.9 Å². The van der Waals surface area contributed by atoms with Crippen LogP contribution in [0.25, 0.3) is 0 Å². The van der Waals surface area contributed by atoms with Crippen LogP contribution in [0.2, 0.25) is 0 Å². The van der Waals surface area contributed by atoms with Gasteiger partial charge >= 0.3 is 0 Å². The lowest BCUT2D eigenvalue weighted by Crippen LogP contribution is -2.44. The van der Waals surface area contributed by atoms with E-state index in [4.69, 9.17) is 0 Å². The van der Waals surface area contributed by atoms with Crippen molar-refractivity contribution in [3.63, 3.8) is 0 Å². The van der Waals surface area contributed by atoms with Crippen LogP contribution in [0.3, 0.4) is 0 Å². The molecule has 1 aromatic carbocycles. The smallest absolute Gasteiger partial charge is 0.0227 e. The minimum Gasteiger partial charge on any atom is -0.305 e. The third-order valence-electron chi connectivity index (χ3n) is 4.06. The van der Waals surface area contributed by atoms with Gasteiger partial charge in [-0.2, -0.15) is 0 Å². The van der Waals surface area contributed by atoms with Crippen molar-refractivity contribution in [2.45, 2.75) is 19.4 Å². The van der Waals surface area contributed by atoms with Gasteiger partial charge in [0.2, 0.25) is 0 Å². The quantitative estimate of drug-likeness (QED) is 0.785. The molecule has 0 bridgehead atoms. The van der Waals surface area contributed by atoms with E-state index in [0.717, 1.165) is 6.54 Å². The summed E-state index contributed by atoms with van der Waals surface area (Å²) in [6, 6.07) is 9.13. The fraction of sp³-hybridized carbons (Fsp3) is 0.647. The predicted molar refractivity (Wildman–Crippen MR) is 86.1 cm³/mol. The average molecular weight is 275 g/mol. The Morgan fingerprint density at radius 3 is 2.15 bits per heavy atom. The number of nitrogens with zero attached hydrogens (tertiary/aromatic N) is 3.